The molecular weight excluding hydrogens is 374 g/mol. The Labute approximate surface area is 193 Å². The Balaban J connectivity index is 1.31. The molecule has 0 saturated heterocycles. The fourth-order valence-electron chi connectivity index (χ4n) is 8.36. The highest BCUT2D eigenvalue weighted by Gasteiger charge is 2.51. The summed E-state index contributed by atoms with van der Waals surface area (Å²) in [7, 11) is 0. The highest BCUT2D eigenvalue weighted by atomic mass is 14.6. The highest BCUT2D eigenvalue weighted by Crippen LogP contribution is 2.60. The molecule has 1 N–H and O–H groups in total. The zero-order valence-corrected chi connectivity index (χ0v) is 21.3. The van der Waals surface area contributed by atoms with Crippen LogP contribution in [0.3, 0.4) is 0 Å². The fourth-order valence-corrected chi connectivity index (χ4v) is 8.36. The van der Waals surface area contributed by atoms with Gasteiger partial charge in [0, 0.05) is 11.1 Å². The van der Waals surface area contributed by atoms with Crippen molar-refractivity contribution in [3.05, 3.63) is 11.6 Å². The lowest BCUT2D eigenvalue weighted by atomic mass is 9.60. The first-order valence-electron chi connectivity index (χ1n) is 14.2. The van der Waals surface area contributed by atoms with E-state index < -0.39 is 0 Å². The van der Waals surface area contributed by atoms with Gasteiger partial charge >= 0.3 is 0 Å². The summed E-state index contributed by atoms with van der Waals surface area (Å²) in [6, 6.07) is 0. The van der Waals surface area contributed by atoms with Crippen LogP contribution in [-0.2, 0) is 0 Å². The van der Waals surface area contributed by atoms with Crippen molar-refractivity contribution in [3.8, 4) is 0 Å². The monoisotopic (exact) mass is 425 g/mol. The predicted molar refractivity (Wildman–Crippen MR) is 135 cm³/mol. The summed E-state index contributed by atoms with van der Waals surface area (Å²) in [6.45, 7) is 9.95. The molecule has 0 bridgehead atoms. The molecule has 0 radical (unpaired) electrons. The minimum atomic E-state index is 0.342. The minimum Gasteiger partial charge on any atom is -0.309 e. The van der Waals surface area contributed by atoms with Gasteiger partial charge < -0.3 is 5.41 Å². The molecular formula is C30H51N. The van der Waals surface area contributed by atoms with Crippen molar-refractivity contribution in [2.24, 2.45) is 40.4 Å². The molecule has 0 amide bonds. The maximum atomic E-state index is 8.32. The normalized spacial score (nSPS) is 37.7. The van der Waals surface area contributed by atoms with Gasteiger partial charge in [0.25, 0.3) is 0 Å². The van der Waals surface area contributed by atoms with Gasteiger partial charge in [-0.25, -0.2) is 0 Å². The van der Waals surface area contributed by atoms with Crippen molar-refractivity contribution in [1.29, 1.82) is 5.41 Å². The molecule has 176 valence electrons. The van der Waals surface area contributed by atoms with Gasteiger partial charge in [-0.3, -0.25) is 0 Å². The average molecular weight is 426 g/mol. The molecule has 4 fully saturated rings. The summed E-state index contributed by atoms with van der Waals surface area (Å²) in [5, 5.41) is 8.32. The molecule has 0 aliphatic heterocycles. The molecule has 1 spiro atoms. The van der Waals surface area contributed by atoms with Crippen LogP contribution in [0.15, 0.2) is 11.6 Å². The van der Waals surface area contributed by atoms with Crippen LogP contribution in [0, 0.1) is 45.8 Å². The van der Waals surface area contributed by atoms with E-state index in [1.54, 1.807) is 5.57 Å². The second-order valence-corrected chi connectivity index (χ2v) is 12.6. The van der Waals surface area contributed by atoms with E-state index in [4.69, 9.17) is 5.41 Å². The van der Waals surface area contributed by atoms with Crippen LogP contribution < -0.4 is 0 Å². The van der Waals surface area contributed by atoms with Crippen LogP contribution in [0.1, 0.15) is 130 Å². The Morgan fingerprint density at radius 3 is 2.58 bits per heavy atom. The van der Waals surface area contributed by atoms with Crippen molar-refractivity contribution >= 4 is 5.71 Å². The highest BCUT2D eigenvalue weighted by molar-refractivity contribution is 5.91. The van der Waals surface area contributed by atoms with Crippen molar-refractivity contribution in [2.75, 3.05) is 0 Å². The largest absolute Gasteiger partial charge is 0.309 e. The van der Waals surface area contributed by atoms with Crippen LogP contribution in [0.4, 0.5) is 0 Å². The Bertz CT molecular complexity index is 655. The number of rotatable bonds is 9. The standard InChI is InChI=1S/C30H51N/c1-5-22(3)24(6-2)9-7-11-26-15-16-27-25(10-8-18-29(26,27)4)14-12-23-13-17-28(31)30(21-23)19-20-30/h12,22,24-27,31H,5-11,13-21H2,1-4H3/b23-12-,31-28?. The van der Waals surface area contributed by atoms with Crippen molar-refractivity contribution < 1.29 is 0 Å². The maximum Gasteiger partial charge on any atom is 0.0157 e. The van der Waals surface area contributed by atoms with Gasteiger partial charge in [-0.15, -0.1) is 0 Å². The summed E-state index contributed by atoms with van der Waals surface area (Å²) in [5.41, 5.74) is 3.76. The van der Waals surface area contributed by atoms with Gasteiger partial charge in [-0.1, -0.05) is 71.4 Å². The van der Waals surface area contributed by atoms with E-state index >= 15 is 0 Å². The number of nitrogens with one attached hydrogen (secondary N) is 1. The van der Waals surface area contributed by atoms with Crippen LogP contribution >= 0.6 is 0 Å². The number of hydrogen-bond acceptors (Lipinski definition) is 1. The molecule has 1 heteroatoms. The van der Waals surface area contributed by atoms with E-state index in [-0.39, 0.29) is 0 Å². The van der Waals surface area contributed by atoms with E-state index in [0.29, 0.717) is 10.8 Å². The number of allylic oxidation sites excluding steroid dienone is 2. The average Bonchev–Trinajstić information content (AvgIpc) is 3.46. The van der Waals surface area contributed by atoms with E-state index in [0.717, 1.165) is 41.7 Å². The quantitative estimate of drug-likeness (QED) is 0.356. The second kappa shape index (κ2) is 9.72. The Hall–Kier alpha value is -0.590. The number of hydrogen-bond donors (Lipinski definition) is 1. The Morgan fingerprint density at radius 1 is 1.06 bits per heavy atom. The molecule has 0 aromatic carbocycles. The van der Waals surface area contributed by atoms with Gasteiger partial charge in [0.05, 0.1) is 0 Å². The summed E-state index contributed by atoms with van der Waals surface area (Å²) < 4.78 is 0. The van der Waals surface area contributed by atoms with Gasteiger partial charge in [0.15, 0.2) is 0 Å². The lowest BCUT2D eigenvalue weighted by Gasteiger charge is -2.45. The molecule has 4 saturated carbocycles. The smallest absolute Gasteiger partial charge is 0.0157 e. The third kappa shape index (κ3) is 4.86. The van der Waals surface area contributed by atoms with Crippen LogP contribution in [0.5, 0.6) is 0 Å². The molecule has 4 rings (SSSR count). The summed E-state index contributed by atoms with van der Waals surface area (Å²) in [5.74, 6) is 4.77. The topological polar surface area (TPSA) is 23.9 Å². The zero-order chi connectivity index (χ0) is 22.1. The van der Waals surface area contributed by atoms with Crippen molar-refractivity contribution in [2.45, 2.75) is 130 Å². The molecule has 0 aromatic rings. The lowest BCUT2D eigenvalue weighted by Crippen LogP contribution is -2.37. The van der Waals surface area contributed by atoms with E-state index in [1.165, 1.54) is 96.3 Å². The summed E-state index contributed by atoms with van der Waals surface area (Å²) >= 11 is 0. The van der Waals surface area contributed by atoms with E-state index in [1.807, 2.05) is 0 Å². The predicted octanol–water partition coefficient (Wildman–Crippen LogP) is 9.36. The fraction of sp³-hybridized carbons (Fsp3) is 0.900. The Morgan fingerprint density at radius 2 is 1.87 bits per heavy atom. The van der Waals surface area contributed by atoms with E-state index in [2.05, 4.69) is 33.8 Å². The molecule has 0 aromatic heterocycles. The van der Waals surface area contributed by atoms with E-state index in [9.17, 15) is 0 Å². The van der Waals surface area contributed by atoms with Crippen LogP contribution in [-0.4, -0.2) is 5.71 Å². The van der Waals surface area contributed by atoms with Crippen molar-refractivity contribution in [3.63, 3.8) is 0 Å². The maximum absolute atomic E-state index is 8.32. The summed E-state index contributed by atoms with van der Waals surface area (Å²) in [6.07, 6.45) is 24.7. The molecule has 0 heterocycles. The molecule has 6 atom stereocenters. The van der Waals surface area contributed by atoms with Crippen LogP contribution in [0.25, 0.3) is 0 Å². The first-order chi connectivity index (χ1) is 14.9. The van der Waals surface area contributed by atoms with Gasteiger partial charge in [0.2, 0.25) is 0 Å². The van der Waals surface area contributed by atoms with Gasteiger partial charge in [-0.2, -0.15) is 0 Å². The third-order valence-corrected chi connectivity index (χ3v) is 11.0. The molecule has 31 heavy (non-hydrogen) atoms. The molecule has 4 aliphatic carbocycles. The van der Waals surface area contributed by atoms with Gasteiger partial charge in [0.1, 0.15) is 0 Å². The second-order valence-electron chi connectivity index (χ2n) is 12.6. The minimum absolute atomic E-state index is 0.342. The lowest BCUT2D eigenvalue weighted by molar-refractivity contribution is 0.0475. The molecule has 1 nitrogen and oxygen atoms in total. The van der Waals surface area contributed by atoms with Crippen LogP contribution in [0.2, 0.25) is 0 Å². The Kier molecular flexibility index (Phi) is 7.39. The first kappa shape index (κ1) is 23.6. The van der Waals surface area contributed by atoms with Gasteiger partial charge in [-0.05, 0) is 106 Å². The first-order valence-corrected chi connectivity index (χ1v) is 14.2. The SMILES string of the molecule is CCC(C)C(CC)CCCC1CCC2C(C/C=C3/CCC(=N)C4(CC4)C3)CCCC12C. The third-order valence-electron chi connectivity index (χ3n) is 11.0. The summed E-state index contributed by atoms with van der Waals surface area (Å²) in [4.78, 5) is 0. The number of fused-ring (bicyclic) bond motifs is 1. The van der Waals surface area contributed by atoms with Crippen molar-refractivity contribution in [1.82, 2.24) is 0 Å². The zero-order valence-electron chi connectivity index (χ0n) is 21.3. The molecule has 6 unspecified atom stereocenters. The molecule has 4 aliphatic rings.